The monoisotopic (exact) mass is 419 g/mol. The summed E-state index contributed by atoms with van der Waals surface area (Å²) in [6.45, 7) is 4.35. The number of rotatable bonds is 6. The Kier molecular flexibility index (Phi) is 5.37. The van der Waals surface area contributed by atoms with E-state index in [9.17, 15) is 4.79 Å². The number of nitrogens with one attached hydrogen (secondary N) is 1. The number of aromatic nitrogens is 4. The van der Waals surface area contributed by atoms with Gasteiger partial charge in [0.2, 0.25) is 5.95 Å². The van der Waals surface area contributed by atoms with Crippen LogP contribution < -0.4 is 19.9 Å². The molecule has 31 heavy (non-hydrogen) atoms. The molecule has 2 aromatic carbocycles. The highest BCUT2D eigenvalue weighted by atomic mass is 16.5. The Morgan fingerprint density at radius 2 is 1.94 bits per heavy atom. The lowest BCUT2D eigenvalue weighted by molar-refractivity contribution is 0.354. The van der Waals surface area contributed by atoms with Crippen LogP contribution in [-0.4, -0.2) is 41.0 Å². The first-order valence-corrected chi connectivity index (χ1v) is 9.89. The molecule has 0 unspecified atom stereocenters. The molecule has 0 atom stereocenters. The number of H-pyrrole nitrogens is 1. The molecule has 0 aliphatic heterocycles. The highest BCUT2D eigenvalue weighted by Crippen LogP contribution is 2.35. The zero-order chi connectivity index (χ0) is 22.1. The van der Waals surface area contributed by atoms with Gasteiger partial charge < -0.3 is 14.4 Å². The number of aryl methyl sites for hydroxylation is 2. The lowest BCUT2D eigenvalue weighted by Crippen LogP contribution is -2.23. The van der Waals surface area contributed by atoms with E-state index in [2.05, 4.69) is 21.1 Å². The summed E-state index contributed by atoms with van der Waals surface area (Å²) in [5, 5.41) is 4.96. The smallest absolute Gasteiger partial charge is 0.260 e. The van der Waals surface area contributed by atoms with Gasteiger partial charge in [-0.2, -0.15) is 5.10 Å². The molecule has 0 aliphatic rings. The summed E-state index contributed by atoms with van der Waals surface area (Å²) in [6.07, 6.45) is 1.94. The fourth-order valence-corrected chi connectivity index (χ4v) is 3.72. The fourth-order valence-electron chi connectivity index (χ4n) is 3.72. The highest BCUT2D eigenvalue weighted by molar-refractivity contribution is 5.86. The third-order valence-corrected chi connectivity index (χ3v) is 5.24. The molecule has 4 aromatic rings. The molecule has 2 aromatic heterocycles. The van der Waals surface area contributed by atoms with Crippen LogP contribution in [0.2, 0.25) is 0 Å². The maximum absolute atomic E-state index is 12.9. The molecule has 2 heterocycles. The molecule has 8 nitrogen and oxygen atoms in total. The number of hydrogen-bond donors (Lipinski definition) is 1. The number of benzene rings is 2. The maximum atomic E-state index is 12.9. The second kappa shape index (κ2) is 8.14. The number of fused-ring (bicyclic) bond motifs is 1. The molecule has 8 heteroatoms. The van der Waals surface area contributed by atoms with Gasteiger partial charge in [0.1, 0.15) is 0 Å². The van der Waals surface area contributed by atoms with Gasteiger partial charge in [-0.3, -0.25) is 9.78 Å². The Hall–Kier alpha value is -3.81. The molecular formula is C23H25N5O3. The summed E-state index contributed by atoms with van der Waals surface area (Å²) in [5.41, 5.74) is 4.04. The zero-order valence-electron chi connectivity index (χ0n) is 18.3. The van der Waals surface area contributed by atoms with E-state index >= 15 is 0 Å². The minimum atomic E-state index is -0.217. The second-order valence-corrected chi connectivity index (χ2v) is 7.45. The third-order valence-electron chi connectivity index (χ3n) is 5.24. The van der Waals surface area contributed by atoms with E-state index in [4.69, 9.17) is 9.47 Å². The van der Waals surface area contributed by atoms with Crippen molar-refractivity contribution in [1.82, 2.24) is 19.7 Å². The van der Waals surface area contributed by atoms with Crippen molar-refractivity contribution < 1.29 is 9.47 Å². The summed E-state index contributed by atoms with van der Waals surface area (Å²) < 4.78 is 12.7. The zero-order valence-corrected chi connectivity index (χ0v) is 18.3. The molecule has 0 radical (unpaired) electrons. The highest BCUT2D eigenvalue weighted by Gasteiger charge is 2.17. The first-order valence-electron chi connectivity index (χ1n) is 9.89. The second-order valence-electron chi connectivity index (χ2n) is 7.45. The Labute approximate surface area is 180 Å². The fraction of sp³-hybridized carbons (Fsp3) is 0.261. The standard InChI is InChI=1S/C23H25N5O3/c1-14-9-10-28(26-14)17-8-6-7-16(11-17)13-27(3)23-24-18-12-19(30-4)21(31-5)15(2)20(18)22(29)25-23/h6-12H,13H2,1-5H3,(H,24,25,29). The van der Waals surface area contributed by atoms with E-state index in [0.29, 0.717) is 40.5 Å². The van der Waals surface area contributed by atoms with Crippen molar-refractivity contribution in [2.75, 3.05) is 26.2 Å². The number of aromatic amines is 1. The van der Waals surface area contributed by atoms with Gasteiger partial charge in [-0.15, -0.1) is 0 Å². The maximum Gasteiger partial charge on any atom is 0.260 e. The Morgan fingerprint density at radius 1 is 1.13 bits per heavy atom. The van der Waals surface area contributed by atoms with Gasteiger partial charge in [-0.25, -0.2) is 9.67 Å². The Balaban J connectivity index is 1.68. The molecular weight excluding hydrogens is 394 g/mol. The van der Waals surface area contributed by atoms with E-state index in [1.807, 2.05) is 60.9 Å². The van der Waals surface area contributed by atoms with Crippen LogP contribution in [0.4, 0.5) is 5.95 Å². The van der Waals surface area contributed by atoms with Crippen LogP contribution in [0.1, 0.15) is 16.8 Å². The summed E-state index contributed by atoms with van der Waals surface area (Å²) >= 11 is 0. The number of methoxy groups -OCH3 is 2. The SMILES string of the molecule is COc1cc2nc(N(C)Cc3cccc(-n4ccc(C)n4)c3)[nH]c(=O)c2c(C)c1OC. The molecule has 0 bridgehead atoms. The van der Waals surface area contributed by atoms with Crippen molar-refractivity contribution in [3.05, 3.63) is 69.8 Å². The molecule has 0 fully saturated rings. The van der Waals surface area contributed by atoms with Gasteiger partial charge in [0, 0.05) is 31.4 Å². The lowest BCUT2D eigenvalue weighted by Gasteiger charge is -2.19. The van der Waals surface area contributed by atoms with Crippen molar-refractivity contribution in [3.8, 4) is 17.2 Å². The van der Waals surface area contributed by atoms with Gasteiger partial charge in [0.15, 0.2) is 11.5 Å². The van der Waals surface area contributed by atoms with Crippen molar-refractivity contribution in [2.24, 2.45) is 0 Å². The summed E-state index contributed by atoms with van der Waals surface area (Å²) in [6, 6.07) is 11.8. The molecule has 0 amide bonds. The van der Waals surface area contributed by atoms with Crippen molar-refractivity contribution in [3.63, 3.8) is 0 Å². The number of hydrogen-bond acceptors (Lipinski definition) is 6. The van der Waals surface area contributed by atoms with Crippen LogP contribution in [0.3, 0.4) is 0 Å². The summed E-state index contributed by atoms with van der Waals surface area (Å²) in [4.78, 5) is 22.3. The number of ether oxygens (including phenoxy) is 2. The van der Waals surface area contributed by atoms with Crippen molar-refractivity contribution in [1.29, 1.82) is 0 Å². The quantitative estimate of drug-likeness (QED) is 0.516. The van der Waals surface area contributed by atoms with E-state index in [1.165, 1.54) is 0 Å². The predicted molar refractivity (Wildman–Crippen MR) is 121 cm³/mol. The van der Waals surface area contributed by atoms with Crippen molar-refractivity contribution >= 4 is 16.9 Å². The van der Waals surface area contributed by atoms with Gasteiger partial charge >= 0.3 is 0 Å². The van der Waals surface area contributed by atoms with Crippen LogP contribution in [0, 0.1) is 13.8 Å². The lowest BCUT2D eigenvalue weighted by atomic mass is 10.1. The van der Waals surface area contributed by atoms with E-state index < -0.39 is 0 Å². The van der Waals surface area contributed by atoms with Gasteiger partial charge in [0.05, 0.1) is 36.5 Å². The van der Waals surface area contributed by atoms with Crippen LogP contribution >= 0.6 is 0 Å². The molecule has 1 N–H and O–H groups in total. The molecule has 0 saturated carbocycles. The molecule has 0 saturated heterocycles. The third kappa shape index (κ3) is 3.84. The number of nitrogens with zero attached hydrogens (tertiary/aromatic N) is 4. The molecule has 4 rings (SSSR count). The summed E-state index contributed by atoms with van der Waals surface area (Å²) in [7, 11) is 5.01. The van der Waals surface area contributed by atoms with Crippen molar-refractivity contribution in [2.45, 2.75) is 20.4 Å². The molecule has 0 aliphatic carbocycles. The van der Waals surface area contributed by atoms with Gasteiger partial charge in [-0.05, 0) is 37.6 Å². The number of anilines is 1. The predicted octanol–water partition coefficient (Wildman–Crippen LogP) is 3.38. The molecule has 0 spiro atoms. The molecule has 160 valence electrons. The Morgan fingerprint density at radius 3 is 2.61 bits per heavy atom. The first-order chi connectivity index (χ1) is 14.9. The normalized spacial score (nSPS) is 11.0. The van der Waals surface area contributed by atoms with Crippen LogP contribution in [0.15, 0.2) is 47.4 Å². The Bertz CT molecular complexity index is 1310. The van der Waals surface area contributed by atoms with Crippen LogP contribution in [0.5, 0.6) is 11.5 Å². The van der Waals surface area contributed by atoms with E-state index in [0.717, 1.165) is 16.9 Å². The van der Waals surface area contributed by atoms with Gasteiger partial charge in [-0.1, -0.05) is 12.1 Å². The van der Waals surface area contributed by atoms with Gasteiger partial charge in [0.25, 0.3) is 5.56 Å². The van der Waals surface area contributed by atoms with Crippen LogP contribution in [0.25, 0.3) is 16.6 Å². The van der Waals surface area contributed by atoms with E-state index in [-0.39, 0.29) is 5.56 Å². The average molecular weight is 419 g/mol. The summed E-state index contributed by atoms with van der Waals surface area (Å²) in [5.74, 6) is 1.56. The average Bonchev–Trinajstić information content (AvgIpc) is 3.19. The largest absolute Gasteiger partial charge is 0.493 e. The minimum Gasteiger partial charge on any atom is -0.493 e. The van der Waals surface area contributed by atoms with Crippen LogP contribution in [-0.2, 0) is 6.54 Å². The topological polar surface area (TPSA) is 85.3 Å². The minimum absolute atomic E-state index is 0.217. The van der Waals surface area contributed by atoms with E-state index in [1.54, 1.807) is 20.3 Å². The first kappa shape index (κ1) is 20.5.